The fourth-order valence-electron chi connectivity index (χ4n) is 3.63. The van der Waals surface area contributed by atoms with Crippen LogP contribution in [0.4, 0.5) is 5.95 Å². The van der Waals surface area contributed by atoms with Crippen LogP contribution in [0.2, 0.25) is 5.15 Å². The lowest BCUT2D eigenvalue weighted by Crippen LogP contribution is -2.36. The Hall–Kier alpha value is -1.11. The first-order chi connectivity index (χ1) is 12.6. The summed E-state index contributed by atoms with van der Waals surface area (Å²) in [5, 5.41) is 0.479. The van der Waals surface area contributed by atoms with Gasteiger partial charge in [0.05, 0.1) is 5.52 Å². The van der Waals surface area contributed by atoms with Crippen LogP contribution in [0.3, 0.4) is 0 Å². The quantitative estimate of drug-likeness (QED) is 0.450. The summed E-state index contributed by atoms with van der Waals surface area (Å²) in [6.07, 6.45) is 4.74. The number of aromatic amines is 1. The van der Waals surface area contributed by atoms with Crippen molar-refractivity contribution in [2.75, 3.05) is 18.0 Å². The largest absolute Gasteiger partial charge is 0.342 e. The lowest BCUT2D eigenvalue weighted by Gasteiger charge is -2.32. The zero-order valence-electron chi connectivity index (χ0n) is 14.2. The van der Waals surface area contributed by atoms with Crippen molar-refractivity contribution in [3.05, 3.63) is 50.0 Å². The molecule has 3 aromatic rings. The normalized spacial score (nSPS) is 17.8. The maximum absolute atomic E-state index is 5.97. The third-order valence-electron chi connectivity index (χ3n) is 4.88. The van der Waals surface area contributed by atoms with E-state index >= 15 is 0 Å². The molecule has 1 aliphatic rings. The van der Waals surface area contributed by atoms with Gasteiger partial charge >= 0.3 is 0 Å². The molecule has 1 saturated heterocycles. The number of fused-ring (bicyclic) bond motifs is 1. The van der Waals surface area contributed by atoms with Crippen LogP contribution >= 0.6 is 43.5 Å². The molecule has 7 heteroatoms. The lowest BCUT2D eigenvalue weighted by atomic mass is 9.92. The van der Waals surface area contributed by atoms with Gasteiger partial charge in [0.1, 0.15) is 5.15 Å². The number of hydrogen-bond acceptors (Lipinski definition) is 3. The smallest absolute Gasteiger partial charge is 0.205 e. The van der Waals surface area contributed by atoms with Crippen molar-refractivity contribution >= 4 is 60.6 Å². The average molecular weight is 499 g/mol. The van der Waals surface area contributed by atoms with E-state index in [1.165, 1.54) is 24.8 Å². The second-order valence-electron chi connectivity index (χ2n) is 6.84. The number of imidazole rings is 1. The summed E-state index contributed by atoms with van der Waals surface area (Å²) in [4.78, 5) is 14.7. The molecule has 1 atom stereocenters. The number of aryl methyl sites for hydroxylation is 1. The maximum Gasteiger partial charge on any atom is 0.205 e. The van der Waals surface area contributed by atoms with Gasteiger partial charge in [-0.25, -0.2) is 4.98 Å². The minimum Gasteiger partial charge on any atom is -0.342 e. The van der Waals surface area contributed by atoms with Crippen molar-refractivity contribution < 1.29 is 0 Å². The molecule has 26 heavy (non-hydrogen) atoms. The van der Waals surface area contributed by atoms with Gasteiger partial charge in [-0.1, -0.05) is 43.5 Å². The highest BCUT2D eigenvalue weighted by Crippen LogP contribution is 2.27. The van der Waals surface area contributed by atoms with Crippen LogP contribution in [0.15, 0.2) is 39.3 Å². The van der Waals surface area contributed by atoms with Gasteiger partial charge in [0, 0.05) is 22.0 Å². The highest BCUT2D eigenvalue weighted by Gasteiger charge is 2.22. The van der Waals surface area contributed by atoms with Gasteiger partial charge < -0.3 is 9.88 Å². The molecule has 4 nitrogen and oxygen atoms in total. The molecule has 3 heterocycles. The molecule has 1 aromatic carbocycles. The van der Waals surface area contributed by atoms with Crippen LogP contribution in [0, 0.1) is 5.92 Å². The molecule has 0 saturated carbocycles. The molecule has 0 unspecified atom stereocenters. The van der Waals surface area contributed by atoms with Crippen molar-refractivity contribution in [1.29, 1.82) is 0 Å². The van der Waals surface area contributed by atoms with Crippen LogP contribution in [0.1, 0.15) is 24.8 Å². The molecular formula is C19H19Br2ClN4. The number of anilines is 1. The van der Waals surface area contributed by atoms with E-state index in [0.29, 0.717) is 16.7 Å². The van der Waals surface area contributed by atoms with Gasteiger partial charge in [0.15, 0.2) is 5.65 Å². The molecule has 0 spiro atoms. The minimum atomic E-state index is 0.479. The number of nitrogens with zero attached hydrogens (tertiary/aromatic N) is 3. The molecule has 1 N–H and O–H groups in total. The summed E-state index contributed by atoms with van der Waals surface area (Å²) in [7, 11) is 0. The first-order valence-corrected chi connectivity index (χ1v) is 10.8. The SMILES string of the molecule is Clc1ccc2[nH]c(N3CCC[C@H](CCc4cc(Br)cc(Br)c4)C3)nc2n1. The molecule has 0 amide bonds. The molecule has 2 aromatic heterocycles. The standard InChI is InChI=1S/C19H19Br2ClN4/c20-14-8-13(9-15(21)10-14)4-3-12-2-1-7-26(11-12)19-23-16-5-6-17(22)24-18(16)25-19/h5-6,8-10,12H,1-4,7,11H2,(H,23,24,25)/t12-/m1/s1. The molecule has 0 radical (unpaired) electrons. The number of hydrogen-bond donors (Lipinski definition) is 1. The number of nitrogens with one attached hydrogen (secondary N) is 1. The van der Waals surface area contributed by atoms with E-state index < -0.39 is 0 Å². The monoisotopic (exact) mass is 496 g/mol. The van der Waals surface area contributed by atoms with E-state index in [0.717, 1.165) is 39.9 Å². The Morgan fingerprint density at radius 2 is 1.96 bits per heavy atom. The number of piperidine rings is 1. The van der Waals surface area contributed by atoms with Crippen LogP contribution < -0.4 is 4.90 Å². The Morgan fingerprint density at radius 1 is 1.15 bits per heavy atom. The van der Waals surface area contributed by atoms with Crippen LogP contribution in [0.25, 0.3) is 11.2 Å². The fraction of sp³-hybridized carbons (Fsp3) is 0.368. The first-order valence-electron chi connectivity index (χ1n) is 8.79. The summed E-state index contributed by atoms with van der Waals surface area (Å²) < 4.78 is 2.25. The Morgan fingerprint density at radius 3 is 2.77 bits per heavy atom. The number of rotatable bonds is 4. The minimum absolute atomic E-state index is 0.479. The number of aromatic nitrogens is 3. The van der Waals surface area contributed by atoms with Crippen molar-refractivity contribution in [1.82, 2.24) is 15.0 Å². The van der Waals surface area contributed by atoms with E-state index in [9.17, 15) is 0 Å². The van der Waals surface area contributed by atoms with E-state index in [1.807, 2.05) is 6.07 Å². The van der Waals surface area contributed by atoms with Crippen molar-refractivity contribution in [2.24, 2.45) is 5.92 Å². The number of benzene rings is 1. The Bertz CT molecular complexity index is 907. The predicted octanol–water partition coefficient (Wildman–Crippen LogP) is 5.99. The lowest BCUT2D eigenvalue weighted by molar-refractivity contribution is 0.389. The second-order valence-corrected chi connectivity index (χ2v) is 9.05. The zero-order valence-corrected chi connectivity index (χ0v) is 18.1. The third-order valence-corrected chi connectivity index (χ3v) is 6.01. The number of H-pyrrole nitrogens is 1. The van der Waals surface area contributed by atoms with Crippen molar-refractivity contribution in [3.8, 4) is 0 Å². The summed E-state index contributed by atoms with van der Waals surface area (Å²) in [6, 6.07) is 10.2. The van der Waals surface area contributed by atoms with Crippen LogP contribution in [-0.4, -0.2) is 28.0 Å². The van der Waals surface area contributed by atoms with Gasteiger partial charge in [0.25, 0.3) is 0 Å². The maximum atomic E-state index is 5.97. The molecule has 4 rings (SSSR count). The van der Waals surface area contributed by atoms with Crippen molar-refractivity contribution in [2.45, 2.75) is 25.7 Å². The van der Waals surface area contributed by atoms with Gasteiger partial charge in [-0.15, -0.1) is 0 Å². The van der Waals surface area contributed by atoms with Gasteiger partial charge in [0.2, 0.25) is 5.95 Å². The van der Waals surface area contributed by atoms with E-state index in [1.54, 1.807) is 6.07 Å². The van der Waals surface area contributed by atoms with E-state index in [-0.39, 0.29) is 0 Å². The Kier molecular flexibility index (Phi) is 5.53. The van der Waals surface area contributed by atoms with Crippen molar-refractivity contribution in [3.63, 3.8) is 0 Å². The fourth-order valence-corrected chi connectivity index (χ4v) is 5.16. The highest BCUT2D eigenvalue weighted by atomic mass is 79.9. The number of pyridine rings is 1. The molecule has 1 aliphatic heterocycles. The molecule has 0 bridgehead atoms. The topological polar surface area (TPSA) is 44.8 Å². The third kappa shape index (κ3) is 4.24. The first kappa shape index (κ1) is 18.3. The molecular weight excluding hydrogens is 479 g/mol. The van der Waals surface area contributed by atoms with Gasteiger partial charge in [-0.2, -0.15) is 4.98 Å². The van der Waals surface area contributed by atoms with Gasteiger partial charge in [-0.3, -0.25) is 0 Å². The van der Waals surface area contributed by atoms with Gasteiger partial charge in [-0.05, 0) is 67.5 Å². The zero-order chi connectivity index (χ0) is 18.1. The Labute approximate surface area is 174 Å². The summed E-state index contributed by atoms with van der Waals surface area (Å²) in [5.41, 5.74) is 2.99. The van der Waals surface area contributed by atoms with E-state index in [2.05, 4.69) is 69.9 Å². The van der Waals surface area contributed by atoms with Crippen LogP contribution in [0.5, 0.6) is 0 Å². The molecule has 136 valence electrons. The average Bonchev–Trinajstić information content (AvgIpc) is 3.03. The summed E-state index contributed by atoms with van der Waals surface area (Å²) in [5.74, 6) is 1.58. The number of halogens is 3. The highest BCUT2D eigenvalue weighted by molar-refractivity contribution is 9.11. The molecule has 1 fully saturated rings. The predicted molar refractivity (Wildman–Crippen MR) is 114 cm³/mol. The Balaban J connectivity index is 1.43. The second kappa shape index (κ2) is 7.87. The van der Waals surface area contributed by atoms with Crippen LogP contribution in [-0.2, 0) is 6.42 Å². The summed E-state index contributed by atoms with van der Waals surface area (Å²) >= 11 is 13.1. The summed E-state index contributed by atoms with van der Waals surface area (Å²) in [6.45, 7) is 2.06. The molecule has 0 aliphatic carbocycles. The van der Waals surface area contributed by atoms with E-state index in [4.69, 9.17) is 11.6 Å².